The van der Waals surface area contributed by atoms with Gasteiger partial charge in [-0.3, -0.25) is 9.59 Å². The van der Waals surface area contributed by atoms with E-state index in [2.05, 4.69) is 5.32 Å². The number of halogens is 2. The van der Waals surface area contributed by atoms with Gasteiger partial charge in [0.1, 0.15) is 17.4 Å². The molecule has 3 N–H and O–H groups in total. The van der Waals surface area contributed by atoms with Crippen molar-refractivity contribution in [3.63, 3.8) is 0 Å². The molecule has 29 heavy (non-hydrogen) atoms. The van der Waals surface area contributed by atoms with Crippen LogP contribution in [0.25, 0.3) is 0 Å². The fraction of sp³-hybridized carbons (Fsp3) is 0.300. The van der Waals surface area contributed by atoms with E-state index in [-0.39, 0.29) is 6.61 Å². The van der Waals surface area contributed by atoms with E-state index in [9.17, 15) is 9.59 Å². The molecule has 0 aromatic heterocycles. The molecule has 0 spiro atoms. The summed E-state index contributed by atoms with van der Waals surface area (Å²) in [6.07, 6.45) is 0. The predicted molar refractivity (Wildman–Crippen MR) is 115 cm³/mol. The Kier molecular flexibility index (Phi) is 10.1. The highest BCUT2D eigenvalue weighted by atomic mass is 35.5. The first-order chi connectivity index (χ1) is 13.7. The number of rotatable bonds is 6. The molecule has 2 aromatic rings. The third-order valence-corrected chi connectivity index (χ3v) is 4.25. The van der Waals surface area contributed by atoms with Gasteiger partial charge in [-0.25, -0.2) is 0 Å². The number of benzene rings is 2. The normalized spacial score (nSPS) is 10.8. The Morgan fingerprint density at radius 1 is 1.03 bits per heavy atom. The summed E-state index contributed by atoms with van der Waals surface area (Å²) >= 11 is 11.6. The summed E-state index contributed by atoms with van der Waals surface area (Å²) in [5.74, 6) is -0.810. The van der Waals surface area contributed by atoms with Gasteiger partial charge in [0.05, 0.1) is 30.9 Å². The van der Waals surface area contributed by atoms with Gasteiger partial charge in [0, 0.05) is 23.5 Å². The molecule has 0 fully saturated rings. The van der Waals surface area contributed by atoms with Gasteiger partial charge in [0.2, 0.25) is 5.91 Å². The van der Waals surface area contributed by atoms with Crippen molar-refractivity contribution in [3.05, 3.63) is 46.4 Å². The maximum Gasteiger partial charge on any atom is 0.318 e. The van der Waals surface area contributed by atoms with Crippen molar-refractivity contribution >= 4 is 46.5 Å². The van der Waals surface area contributed by atoms with Crippen molar-refractivity contribution in [2.75, 3.05) is 31.9 Å². The highest BCUT2D eigenvalue weighted by Gasteiger charge is 2.22. The molecule has 0 bridgehead atoms. The van der Waals surface area contributed by atoms with Crippen LogP contribution >= 0.6 is 23.2 Å². The molecular weight excluding hydrogens is 419 g/mol. The molecular formula is C20H24Cl2N2O5. The van der Waals surface area contributed by atoms with Crippen molar-refractivity contribution in [3.8, 4) is 11.5 Å². The van der Waals surface area contributed by atoms with Crippen LogP contribution in [0.4, 0.5) is 11.4 Å². The van der Waals surface area contributed by atoms with Crippen LogP contribution in [-0.2, 0) is 14.3 Å². The smallest absolute Gasteiger partial charge is 0.318 e. The second kappa shape index (κ2) is 12.0. The van der Waals surface area contributed by atoms with Gasteiger partial charge in [-0.2, -0.15) is 0 Å². The fourth-order valence-corrected chi connectivity index (χ4v) is 2.43. The van der Waals surface area contributed by atoms with Gasteiger partial charge in [-0.1, -0.05) is 23.2 Å². The van der Waals surface area contributed by atoms with E-state index in [1.807, 2.05) is 0 Å². The highest BCUT2D eigenvalue weighted by Crippen LogP contribution is 2.27. The molecule has 1 atom stereocenters. The van der Waals surface area contributed by atoms with Gasteiger partial charge in [-0.15, -0.1) is 0 Å². The van der Waals surface area contributed by atoms with E-state index in [0.29, 0.717) is 32.9 Å². The summed E-state index contributed by atoms with van der Waals surface area (Å²) in [6.45, 7) is 3.41. The van der Waals surface area contributed by atoms with Gasteiger partial charge < -0.3 is 25.3 Å². The molecule has 9 heteroatoms. The maximum absolute atomic E-state index is 11.8. The monoisotopic (exact) mass is 442 g/mol. The standard InChI is InChI=1S/C13H16ClNO4.C7H8ClNO/c1-4-19-13(17)8(2)12(16)15-9-5-6-10(14)11(7-9)18-3;1-10-7-4-5(9)2-3-6(7)8/h5-8H,4H2,1-3H3,(H,15,16);2-4H,9H2,1H3. The minimum atomic E-state index is -0.873. The van der Waals surface area contributed by atoms with Crippen LogP contribution in [0, 0.1) is 5.92 Å². The number of hydrogen-bond acceptors (Lipinski definition) is 6. The van der Waals surface area contributed by atoms with E-state index >= 15 is 0 Å². The molecule has 0 radical (unpaired) electrons. The van der Waals surface area contributed by atoms with Crippen LogP contribution in [-0.4, -0.2) is 32.7 Å². The van der Waals surface area contributed by atoms with Crippen LogP contribution in [0.2, 0.25) is 10.0 Å². The molecule has 0 aliphatic heterocycles. The molecule has 0 saturated heterocycles. The lowest BCUT2D eigenvalue weighted by Gasteiger charge is -2.12. The Labute approximate surface area is 180 Å². The molecule has 1 amide bonds. The Morgan fingerprint density at radius 3 is 2.10 bits per heavy atom. The minimum absolute atomic E-state index is 0.241. The number of carbonyl (C=O) groups is 2. The first-order valence-electron chi connectivity index (χ1n) is 8.63. The number of hydrogen-bond donors (Lipinski definition) is 2. The molecule has 2 aromatic carbocycles. The first-order valence-corrected chi connectivity index (χ1v) is 9.39. The zero-order valence-electron chi connectivity index (χ0n) is 16.6. The number of anilines is 2. The first kappa shape index (κ1) is 24.4. The number of carbonyl (C=O) groups excluding carboxylic acids is 2. The van der Waals surface area contributed by atoms with E-state index in [1.54, 1.807) is 50.4 Å². The summed E-state index contributed by atoms with van der Waals surface area (Å²) in [6, 6.07) is 9.92. The molecule has 0 aliphatic carbocycles. The van der Waals surface area contributed by atoms with E-state index < -0.39 is 17.8 Å². The van der Waals surface area contributed by atoms with Crippen LogP contribution in [0.5, 0.6) is 11.5 Å². The Bertz CT molecular complexity index is 846. The lowest BCUT2D eigenvalue weighted by Crippen LogP contribution is -2.28. The maximum atomic E-state index is 11.8. The van der Waals surface area contributed by atoms with Crippen LogP contribution < -0.4 is 20.5 Å². The Balaban J connectivity index is 0.000000352. The molecule has 7 nitrogen and oxygen atoms in total. The minimum Gasteiger partial charge on any atom is -0.495 e. The average molecular weight is 443 g/mol. The SMILES string of the molecule is CCOC(=O)C(C)C(=O)Nc1ccc(Cl)c(OC)c1.COc1cc(N)ccc1Cl. The lowest BCUT2D eigenvalue weighted by molar-refractivity contribution is -0.150. The highest BCUT2D eigenvalue weighted by molar-refractivity contribution is 6.32. The van der Waals surface area contributed by atoms with Gasteiger partial charge >= 0.3 is 5.97 Å². The van der Waals surface area contributed by atoms with E-state index in [4.69, 9.17) is 43.1 Å². The van der Waals surface area contributed by atoms with Crippen molar-refractivity contribution in [2.24, 2.45) is 5.92 Å². The van der Waals surface area contributed by atoms with Crippen molar-refractivity contribution in [2.45, 2.75) is 13.8 Å². The summed E-state index contributed by atoms with van der Waals surface area (Å²) in [4.78, 5) is 23.3. The van der Waals surface area contributed by atoms with Crippen molar-refractivity contribution in [1.29, 1.82) is 0 Å². The number of esters is 1. The van der Waals surface area contributed by atoms with Gasteiger partial charge in [0.25, 0.3) is 0 Å². The zero-order valence-corrected chi connectivity index (χ0v) is 18.1. The largest absolute Gasteiger partial charge is 0.495 e. The van der Waals surface area contributed by atoms with Gasteiger partial charge in [-0.05, 0) is 38.1 Å². The second-order valence-electron chi connectivity index (χ2n) is 5.71. The fourth-order valence-electron chi connectivity index (χ4n) is 2.04. The predicted octanol–water partition coefficient (Wildman–Crippen LogP) is 4.42. The van der Waals surface area contributed by atoms with Crippen molar-refractivity contribution < 1.29 is 23.8 Å². The lowest BCUT2D eigenvalue weighted by atomic mass is 10.1. The third-order valence-electron chi connectivity index (χ3n) is 3.63. The van der Waals surface area contributed by atoms with E-state index in [1.165, 1.54) is 14.0 Å². The molecule has 0 saturated carbocycles. The molecule has 0 aliphatic rings. The van der Waals surface area contributed by atoms with Crippen LogP contribution in [0.15, 0.2) is 36.4 Å². The Hall–Kier alpha value is -2.64. The number of nitrogen functional groups attached to an aromatic ring is 1. The quantitative estimate of drug-likeness (QED) is 0.390. The number of ether oxygens (including phenoxy) is 3. The summed E-state index contributed by atoms with van der Waals surface area (Å²) < 4.78 is 14.7. The topological polar surface area (TPSA) is 99.9 Å². The summed E-state index contributed by atoms with van der Waals surface area (Å²) in [5.41, 5.74) is 6.62. The Morgan fingerprint density at radius 2 is 1.59 bits per heavy atom. The molecule has 2 rings (SSSR count). The second-order valence-corrected chi connectivity index (χ2v) is 6.52. The van der Waals surface area contributed by atoms with E-state index in [0.717, 1.165) is 0 Å². The number of nitrogens with one attached hydrogen (secondary N) is 1. The number of nitrogens with two attached hydrogens (primary N) is 1. The molecule has 0 heterocycles. The number of methoxy groups -OCH3 is 2. The van der Waals surface area contributed by atoms with Gasteiger partial charge in [0.15, 0.2) is 0 Å². The van der Waals surface area contributed by atoms with Crippen LogP contribution in [0.1, 0.15) is 13.8 Å². The molecule has 158 valence electrons. The zero-order chi connectivity index (χ0) is 22.0. The average Bonchev–Trinajstić information content (AvgIpc) is 2.71. The van der Waals surface area contributed by atoms with Crippen molar-refractivity contribution in [1.82, 2.24) is 0 Å². The van der Waals surface area contributed by atoms with Crippen LogP contribution in [0.3, 0.4) is 0 Å². The molecule has 1 unspecified atom stereocenters. The third kappa shape index (κ3) is 7.71. The summed E-state index contributed by atoms with van der Waals surface area (Å²) in [5, 5.41) is 3.63. The number of amides is 1. The summed E-state index contributed by atoms with van der Waals surface area (Å²) in [7, 11) is 3.04.